The molecule has 0 saturated carbocycles. The third-order valence-electron chi connectivity index (χ3n) is 3.71. The Hall–Kier alpha value is -0.120. The monoisotopic (exact) mass is 229 g/mol. The molecule has 2 unspecified atom stereocenters. The summed E-state index contributed by atoms with van der Waals surface area (Å²) in [6.07, 6.45) is 6.17. The summed E-state index contributed by atoms with van der Waals surface area (Å²) in [5, 5.41) is 9.41. The summed E-state index contributed by atoms with van der Waals surface area (Å²) >= 11 is 0. The molecule has 1 aliphatic heterocycles. The normalized spacial score (nSPS) is 27.2. The van der Waals surface area contributed by atoms with Crippen molar-refractivity contribution in [2.24, 2.45) is 5.92 Å². The van der Waals surface area contributed by atoms with Crippen LogP contribution in [0.3, 0.4) is 0 Å². The molecule has 1 rings (SSSR count). The van der Waals surface area contributed by atoms with Crippen LogP contribution in [0.15, 0.2) is 0 Å². The number of hydrogen-bond acceptors (Lipinski definition) is 3. The zero-order valence-electron chi connectivity index (χ0n) is 10.8. The van der Waals surface area contributed by atoms with Crippen LogP contribution in [0.4, 0.5) is 0 Å². The van der Waals surface area contributed by atoms with Crippen molar-refractivity contribution in [3.05, 3.63) is 0 Å². The highest BCUT2D eigenvalue weighted by atomic mass is 16.5. The summed E-state index contributed by atoms with van der Waals surface area (Å²) < 4.78 is 5.04. The number of likely N-dealkylation sites (tertiary alicyclic amines) is 1. The van der Waals surface area contributed by atoms with Crippen LogP contribution < -0.4 is 0 Å². The van der Waals surface area contributed by atoms with Crippen LogP contribution in [0, 0.1) is 5.92 Å². The topological polar surface area (TPSA) is 32.7 Å². The molecule has 1 aliphatic rings. The van der Waals surface area contributed by atoms with Crippen molar-refractivity contribution in [2.75, 3.05) is 33.4 Å². The van der Waals surface area contributed by atoms with Gasteiger partial charge in [0, 0.05) is 19.8 Å². The Morgan fingerprint density at radius 3 is 2.81 bits per heavy atom. The third kappa shape index (κ3) is 4.40. The van der Waals surface area contributed by atoms with E-state index in [1.54, 1.807) is 7.11 Å². The Morgan fingerprint density at radius 1 is 1.31 bits per heavy atom. The molecule has 0 radical (unpaired) electrons. The lowest BCUT2D eigenvalue weighted by molar-refractivity contribution is 0.0513. The number of hydrogen-bond donors (Lipinski definition) is 1. The molecule has 0 bridgehead atoms. The number of aliphatic hydroxyl groups excluding tert-OH is 1. The van der Waals surface area contributed by atoms with E-state index in [-0.39, 0.29) is 0 Å². The van der Waals surface area contributed by atoms with Crippen LogP contribution in [0.25, 0.3) is 0 Å². The number of ether oxygens (including phenoxy) is 1. The number of methoxy groups -OCH3 is 1. The third-order valence-corrected chi connectivity index (χ3v) is 3.71. The fourth-order valence-electron chi connectivity index (χ4n) is 2.65. The van der Waals surface area contributed by atoms with Crippen LogP contribution in [-0.4, -0.2) is 49.5 Å². The zero-order valence-corrected chi connectivity index (χ0v) is 10.8. The highest BCUT2D eigenvalue weighted by Crippen LogP contribution is 2.23. The molecule has 0 aliphatic carbocycles. The second-order valence-electron chi connectivity index (χ2n) is 4.96. The van der Waals surface area contributed by atoms with Crippen molar-refractivity contribution in [3.63, 3.8) is 0 Å². The minimum Gasteiger partial charge on any atom is -0.395 e. The fraction of sp³-hybridized carbons (Fsp3) is 1.00. The summed E-state index contributed by atoms with van der Waals surface area (Å²) in [5.41, 5.74) is 0. The van der Waals surface area contributed by atoms with Gasteiger partial charge in [-0.2, -0.15) is 0 Å². The molecule has 0 amide bonds. The van der Waals surface area contributed by atoms with E-state index in [1.165, 1.54) is 32.2 Å². The predicted octanol–water partition coefficient (Wildman–Crippen LogP) is 1.90. The van der Waals surface area contributed by atoms with Crippen molar-refractivity contribution in [1.29, 1.82) is 0 Å². The van der Waals surface area contributed by atoms with E-state index < -0.39 is 0 Å². The Kier molecular flexibility index (Phi) is 7.01. The molecule has 1 fully saturated rings. The molecule has 3 heteroatoms. The zero-order chi connectivity index (χ0) is 11.8. The van der Waals surface area contributed by atoms with Crippen LogP contribution in [-0.2, 0) is 4.74 Å². The van der Waals surface area contributed by atoms with Crippen molar-refractivity contribution >= 4 is 0 Å². The number of aliphatic hydroxyl groups is 1. The Morgan fingerprint density at radius 2 is 2.12 bits per heavy atom. The van der Waals surface area contributed by atoms with Crippen LogP contribution in [0.2, 0.25) is 0 Å². The van der Waals surface area contributed by atoms with Gasteiger partial charge in [0.05, 0.1) is 6.61 Å². The summed E-state index contributed by atoms with van der Waals surface area (Å²) in [6, 6.07) is 0.399. The standard InChI is InChI=1S/C13H27NO2/c1-12-7-6-9-14(13(12)11-15)8-4-3-5-10-16-2/h12-13,15H,3-11H2,1-2H3. The number of nitrogens with zero attached hydrogens (tertiary/aromatic N) is 1. The van der Waals surface area contributed by atoms with Crippen molar-refractivity contribution in [3.8, 4) is 0 Å². The first-order chi connectivity index (χ1) is 7.79. The van der Waals surface area contributed by atoms with Gasteiger partial charge in [0.1, 0.15) is 0 Å². The summed E-state index contributed by atoms with van der Waals surface area (Å²) in [7, 11) is 1.76. The fourth-order valence-corrected chi connectivity index (χ4v) is 2.65. The van der Waals surface area contributed by atoms with Crippen LogP contribution >= 0.6 is 0 Å². The number of piperidine rings is 1. The largest absolute Gasteiger partial charge is 0.395 e. The smallest absolute Gasteiger partial charge is 0.0589 e. The minimum atomic E-state index is 0.319. The van der Waals surface area contributed by atoms with E-state index in [1.807, 2.05) is 0 Å². The van der Waals surface area contributed by atoms with E-state index in [0.29, 0.717) is 18.6 Å². The van der Waals surface area contributed by atoms with Gasteiger partial charge < -0.3 is 9.84 Å². The average molecular weight is 229 g/mol. The van der Waals surface area contributed by atoms with Gasteiger partial charge in [0.2, 0.25) is 0 Å². The van der Waals surface area contributed by atoms with E-state index in [0.717, 1.165) is 19.6 Å². The molecule has 3 nitrogen and oxygen atoms in total. The van der Waals surface area contributed by atoms with Gasteiger partial charge >= 0.3 is 0 Å². The number of unbranched alkanes of at least 4 members (excludes halogenated alkanes) is 2. The molecular formula is C13H27NO2. The first-order valence-corrected chi connectivity index (χ1v) is 6.63. The Labute approximate surface area is 99.8 Å². The van der Waals surface area contributed by atoms with Crippen LogP contribution in [0.5, 0.6) is 0 Å². The molecule has 16 heavy (non-hydrogen) atoms. The van der Waals surface area contributed by atoms with E-state index in [9.17, 15) is 5.11 Å². The molecule has 0 aromatic rings. The van der Waals surface area contributed by atoms with Gasteiger partial charge in [-0.1, -0.05) is 6.92 Å². The van der Waals surface area contributed by atoms with Gasteiger partial charge in [0.25, 0.3) is 0 Å². The maximum atomic E-state index is 9.41. The lowest BCUT2D eigenvalue weighted by atomic mass is 9.91. The van der Waals surface area contributed by atoms with Crippen molar-refractivity contribution < 1.29 is 9.84 Å². The van der Waals surface area contributed by atoms with Gasteiger partial charge in [0.15, 0.2) is 0 Å². The predicted molar refractivity (Wildman–Crippen MR) is 66.6 cm³/mol. The summed E-state index contributed by atoms with van der Waals surface area (Å²) in [4.78, 5) is 2.47. The highest BCUT2D eigenvalue weighted by Gasteiger charge is 2.26. The van der Waals surface area contributed by atoms with Crippen molar-refractivity contribution in [2.45, 2.75) is 45.1 Å². The second kappa shape index (κ2) is 8.04. The van der Waals surface area contributed by atoms with Gasteiger partial charge in [-0.15, -0.1) is 0 Å². The first kappa shape index (κ1) is 13.9. The summed E-state index contributed by atoms with van der Waals surface area (Å²) in [5.74, 6) is 0.651. The van der Waals surface area contributed by atoms with E-state index >= 15 is 0 Å². The SMILES string of the molecule is COCCCCCN1CCCC(C)C1CO. The van der Waals surface area contributed by atoms with Crippen molar-refractivity contribution in [1.82, 2.24) is 4.90 Å². The number of rotatable bonds is 7. The molecule has 0 aromatic carbocycles. The van der Waals surface area contributed by atoms with E-state index in [4.69, 9.17) is 4.74 Å². The lowest BCUT2D eigenvalue weighted by Gasteiger charge is -2.39. The maximum Gasteiger partial charge on any atom is 0.0589 e. The highest BCUT2D eigenvalue weighted by molar-refractivity contribution is 4.81. The molecular weight excluding hydrogens is 202 g/mol. The molecule has 1 heterocycles. The molecule has 0 aromatic heterocycles. The Balaban J connectivity index is 2.18. The quantitative estimate of drug-likeness (QED) is 0.677. The first-order valence-electron chi connectivity index (χ1n) is 6.63. The second-order valence-corrected chi connectivity index (χ2v) is 4.96. The molecule has 96 valence electrons. The van der Waals surface area contributed by atoms with Gasteiger partial charge in [-0.3, -0.25) is 4.90 Å². The lowest BCUT2D eigenvalue weighted by Crippen LogP contribution is -2.46. The molecule has 2 atom stereocenters. The minimum absolute atomic E-state index is 0.319. The van der Waals surface area contributed by atoms with Crippen LogP contribution in [0.1, 0.15) is 39.0 Å². The maximum absolute atomic E-state index is 9.41. The molecule has 1 saturated heterocycles. The van der Waals surface area contributed by atoms with E-state index in [2.05, 4.69) is 11.8 Å². The van der Waals surface area contributed by atoms with Gasteiger partial charge in [-0.25, -0.2) is 0 Å². The summed E-state index contributed by atoms with van der Waals surface area (Å²) in [6.45, 7) is 5.76. The molecule has 1 N–H and O–H groups in total. The Bertz CT molecular complexity index is 175. The average Bonchev–Trinajstić information content (AvgIpc) is 2.29. The van der Waals surface area contributed by atoms with Gasteiger partial charge in [-0.05, 0) is 51.1 Å². The molecule has 0 spiro atoms.